The van der Waals surface area contributed by atoms with E-state index >= 15 is 0 Å². The molecule has 1 aromatic rings. The third-order valence-electron chi connectivity index (χ3n) is 2.83. The van der Waals surface area contributed by atoms with Gasteiger partial charge in [-0.25, -0.2) is 0 Å². The van der Waals surface area contributed by atoms with Gasteiger partial charge in [-0.2, -0.15) is 8.42 Å². The third-order valence-corrected chi connectivity index (χ3v) is 4.45. The average molecular weight is 282 g/mol. The maximum absolute atomic E-state index is 11.0. The van der Waals surface area contributed by atoms with Gasteiger partial charge in [-0.3, -0.25) is 4.55 Å². The van der Waals surface area contributed by atoms with Gasteiger partial charge in [0.05, 0.1) is 13.2 Å². The van der Waals surface area contributed by atoms with Crippen molar-refractivity contribution in [2.45, 2.75) is 24.2 Å². The van der Waals surface area contributed by atoms with E-state index in [2.05, 4.69) is 0 Å². The molecule has 0 aromatic heterocycles. The van der Waals surface area contributed by atoms with Crippen LogP contribution < -0.4 is 0 Å². The first kappa shape index (κ1) is 15.8. The molecule has 0 amide bonds. The third kappa shape index (κ3) is 4.10. The molecule has 1 fully saturated rings. The van der Waals surface area contributed by atoms with E-state index in [1.807, 2.05) is 30.3 Å². The number of rotatable bonds is 5. The Labute approximate surface area is 144 Å². The summed E-state index contributed by atoms with van der Waals surface area (Å²) in [5.74, 6) is 0. The van der Waals surface area contributed by atoms with Gasteiger partial charge < -0.3 is 4.74 Å². The van der Waals surface area contributed by atoms with E-state index in [1.165, 1.54) is 0 Å². The summed E-state index contributed by atoms with van der Waals surface area (Å²) >= 11 is 0. The predicted molar refractivity (Wildman–Crippen MR) is 66.8 cm³/mol. The summed E-state index contributed by atoms with van der Waals surface area (Å²) in [5.41, 5.74) is 0.994. The van der Waals surface area contributed by atoms with Crippen molar-refractivity contribution in [2.24, 2.45) is 0 Å². The van der Waals surface area contributed by atoms with E-state index in [-0.39, 0.29) is 58.0 Å². The summed E-state index contributed by atoms with van der Waals surface area (Å²) < 4.78 is 35.4. The zero-order chi connectivity index (χ0) is 11.6. The number of hydrogen-bond acceptors (Lipinski definition) is 3. The second-order valence-electron chi connectivity index (χ2n) is 4.14. The zero-order valence-electron chi connectivity index (χ0n) is 8.80. The van der Waals surface area contributed by atoms with Crippen LogP contribution in [0.4, 0.5) is 0 Å². The van der Waals surface area contributed by atoms with Crippen LogP contribution in [0.25, 0.3) is 0 Å². The second-order valence-corrected chi connectivity index (χ2v) is 5.95. The van der Waals surface area contributed by atoms with Crippen molar-refractivity contribution >= 4 is 61.5 Å². The molecule has 0 spiro atoms. The van der Waals surface area contributed by atoms with Gasteiger partial charge in [-0.1, -0.05) is 30.3 Å². The fraction of sp³-hybridized carbons (Fsp3) is 0.455. The van der Waals surface area contributed by atoms with Gasteiger partial charge >= 0.3 is 51.4 Å². The summed E-state index contributed by atoms with van der Waals surface area (Å²) in [5, 5.41) is 0. The van der Waals surface area contributed by atoms with Crippen LogP contribution in [0.2, 0.25) is 0 Å². The van der Waals surface area contributed by atoms with Gasteiger partial charge in [-0.15, -0.1) is 0 Å². The van der Waals surface area contributed by atoms with Crippen LogP contribution in [0, 0.1) is 0 Å². The van der Waals surface area contributed by atoms with Crippen LogP contribution >= 0.6 is 0 Å². The first-order valence-electron chi connectivity index (χ1n) is 5.12. The molecule has 0 radical (unpaired) electrons. The molecule has 4 nitrogen and oxygen atoms in total. The van der Waals surface area contributed by atoms with Gasteiger partial charge in [0.25, 0.3) is 10.1 Å². The molecule has 0 saturated heterocycles. The van der Waals surface area contributed by atoms with Crippen LogP contribution in [0.3, 0.4) is 0 Å². The Morgan fingerprint density at radius 2 is 1.82 bits per heavy atom. The van der Waals surface area contributed by atoms with E-state index in [0.29, 0.717) is 19.4 Å². The molecule has 6 heteroatoms. The number of hydrogen-bond donors (Lipinski definition) is 1. The first-order valence-corrected chi connectivity index (χ1v) is 6.56. The number of benzene rings is 1. The van der Waals surface area contributed by atoms with E-state index in [1.54, 1.807) is 0 Å². The minimum atomic E-state index is -3.97. The quantitative estimate of drug-likeness (QED) is 0.646. The molecule has 1 aromatic carbocycles. The Balaban J connectivity index is 0.00000144. The van der Waals surface area contributed by atoms with Gasteiger partial charge in [0.2, 0.25) is 0 Å². The monoisotopic (exact) mass is 282 g/mol. The summed E-state index contributed by atoms with van der Waals surface area (Å²) in [6, 6.07) is 9.52. The van der Waals surface area contributed by atoms with Crippen LogP contribution in [-0.2, 0) is 21.5 Å². The molecular formula is C11H15KO4S. The normalized spacial score (nSPS) is 17.2. The molecule has 0 unspecified atom stereocenters. The van der Waals surface area contributed by atoms with Crippen molar-refractivity contribution in [3.63, 3.8) is 0 Å². The van der Waals surface area contributed by atoms with Crippen molar-refractivity contribution < 1.29 is 17.7 Å². The Kier molecular flexibility index (Phi) is 5.80. The molecule has 1 N–H and O–H groups in total. The van der Waals surface area contributed by atoms with Gasteiger partial charge in [0, 0.05) is 0 Å². The van der Waals surface area contributed by atoms with Crippen LogP contribution in [-0.4, -0.2) is 75.7 Å². The molecule has 0 bridgehead atoms. The van der Waals surface area contributed by atoms with E-state index in [0.717, 1.165) is 5.56 Å². The summed E-state index contributed by atoms with van der Waals surface area (Å²) in [6.45, 7) is 0.443. The Morgan fingerprint density at radius 3 is 2.29 bits per heavy atom. The summed E-state index contributed by atoms with van der Waals surface area (Å²) in [4.78, 5) is 0. The van der Waals surface area contributed by atoms with Crippen molar-refractivity contribution in [1.82, 2.24) is 0 Å². The molecular weight excluding hydrogens is 267 g/mol. The fourth-order valence-corrected chi connectivity index (χ4v) is 2.40. The molecule has 17 heavy (non-hydrogen) atoms. The van der Waals surface area contributed by atoms with Crippen molar-refractivity contribution in [1.29, 1.82) is 0 Å². The standard InChI is InChI=1S/C11H14O4S.K.H/c12-16(13,14)11(6-7-11)9-15-8-10-4-2-1-3-5-10;;/h1-5H,6-9H2,(H,12,13,14);;. The van der Waals surface area contributed by atoms with Gasteiger partial charge in [0.1, 0.15) is 4.75 Å². The zero-order valence-corrected chi connectivity index (χ0v) is 9.61. The maximum atomic E-state index is 11.0. The van der Waals surface area contributed by atoms with Crippen molar-refractivity contribution in [2.75, 3.05) is 6.61 Å². The van der Waals surface area contributed by atoms with Crippen molar-refractivity contribution in [3.8, 4) is 0 Å². The molecule has 1 saturated carbocycles. The molecule has 90 valence electrons. The van der Waals surface area contributed by atoms with Crippen LogP contribution in [0.1, 0.15) is 18.4 Å². The van der Waals surface area contributed by atoms with E-state index in [9.17, 15) is 8.42 Å². The number of ether oxygens (including phenoxy) is 1. The van der Waals surface area contributed by atoms with Crippen LogP contribution in [0.15, 0.2) is 30.3 Å². The predicted octanol–water partition coefficient (Wildman–Crippen LogP) is 0.975. The van der Waals surface area contributed by atoms with Crippen LogP contribution in [0.5, 0.6) is 0 Å². The summed E-state index contributed by atoms with van der Waals surface area (Å²) in [7, 11) is -3.97. The molecule has 1 aliphatic rings. The fourth-order valence-electron chi connectivity index (χ4n) is 1.55. The molecule has 0 aliphatic heterocycles. The second kappa shape index (κ2) is 6.25. The summed E-state index contributed by atoms with van der Waals surface area (Å²) in [6.07, 6.45) is 0.973. The Bertz CT molecular complexity index is 454. The SMILES string of the molecule is O=S(=O)(O)C1(COCc2ccccc2)CC1.[KH]. The average Bonchev–Trinajstić information content (AvgIpc) is 3.00. The van der Waals surface area contributed by atoms with E-state index < -0.39 is 14.9 Å². The molecule has 0 atom stereocenters. The Morgan fingerprint density at radius 1 is 1.24 bits per heavy atom. The molecule has 2 rings (SSSR count). The topological polar surface area (TPSA) is 63.6 Å². The Hall–Kier alpha value is 0.726. The van der Waals surface area contributed by atoms with E-state index in [4.69, 9.17) is 9.29 Å². The molecule has 1 aliphatic carbocycles. The first-order chi connectivity index (χ1) is 7.54. The van der Waals surface area contributed by atoms with Gasteiger partial charge in [0.15, 0.2) is 0 Å². The van der Waals surface area contributed by atoms with Crippen molar-refractivity contribution in [3.05, 3.63) is 35.9 Å². The minimum absolute atomic E-state index is 0. The molecule has 0 heterocycles. The van der Waals surface area contributed by atoms with Gasteiger partial charge in [-0.05, 0) is 18.4 Å².